The quantitative estimate of drug-likeness (QED) is 0.339. The van der Waals surface area contributed by atoms with Crippen molar-refractivity contribution in [3.63, 3.8) is 0 Å². The summed E-state index contributed by atoms with van der Waals surface area (Å²) in [6, 6.07) is 0. The van der Waals surface area contributed by atoms with E-state index in [0.717, 1.165) is 0 Å². The van der Waals surface area contributed by atoms with Crippen LogP contribution < -0.4 is 5.73 Å². The Balaban J connectivity index is 0. The summed E-state index contributed by atoms with van der Waals surface area (Å²) < 4.78 is 4.90. The van der Waals surface area contributed by atoms with E-state index in [-0.39, 0.29) is 6.73 Å². The maximum absolute atomic E-state index is 7.35. The third kappa shape index (κ3) is 26.4. The van der Waals surface area contributed by atoms with Crippen molar-refractivity contribution in [2.75, 3.05) is 19.9 Å². The van der Waals surface area contributed by atoms with Crippen LogP contribution in [0.3, 0.4) is 0 Å². The number of rotatable bonds is 4. The van der Waals surface area contributed by atoms with Gasteiger partial charge in [0.25, 0.3) is 0 Å². The molecule has 0 aromatic heterocycles. The van der Waals surface area contributed by atoms with E-state index in [9.17, 15) is 0 Å². The standard InChI is InChI=1S/C6H10O.CH5NO/c1-3-5-7-6-4-2;2-1-3/h3-4H,1-2,5-6H2;3H,1-2H2. The summed E-state index contributed by atoms with van der Waals surface area (Å²) in [6.07, 6.45) is 3.42. The van der Waals surface area contributed by atoms with Crippen LogP contribution in [0, 0.1) is 0 Å². The van der Waals surface area contributed by atoms with E-state index in [1.54, 1.807) is 12.2 Å². The molecule has 0 spiro atoms. The third-order valence-corrected chi connectivity index (χ3v) is 0.471. The summed E-state index contributed by atoms with van der Waals surface area (Å²) in [6.45, 7) is 7.93. The largest absolute Gasteiger partial charge is 0.382 e. The van der Waals surface area contributed by atoms with Crippen LogP contribution in [0.1, 0.15) is 0 Å². The molecule has 60 valence electrons. The molecule has 0 saturated carbocycles. The van der Waals surface area contributed by atoms with Crippen LogP contribution in [-0.2, 0) is 4.74 Å². The molecule has 3 nitrogen and oxygen atoms in total. The lowest BCUT2D eigenvalue weighted by Crippen LogP contribution is -1.92. The Labute approximate surface area is 61.8 Å². The highest BCUT2D eigenvalue weighted by molar-refractivity contribution is 4.68. The first-order valence-corrected chi connectivity index (χ1v) is 2.93. The second kappa shape index (κ2) is 15.8. The van der Waals surface area contributed by atoms with Gasteiger partial charge in [0.05, 0.1) is 19.9 Å². The van der Waals surface area contributed by atoms with E-state index in [1.807, 2.05) is 0 Å². The number of hydrogen-bond acceptors (Lipinski definition) is 3. The Morgan fingerprint density at radius 2 is 1.60 bits per heavy atom. The predicted molar refractivity (Wildman–Crippen MR) is 42.5 cm³/mol. The molecule has 0 unspecified atom stereocenters. The Kier molecular flexibility index (Phi) is 19.0. The van der Waals surface area contributed by atoms with Crippen molar-refractivity contribution in [2.45, 2.75) is 0 Å². The fourth-order valence-electron chi connectivity index (χ4n) is 0.235. The second-order valence-electron chi connectivity index (χ2n) is 1.30. The van der Waals surface area contributed by atoms with Crippen molar-refractivity contribution in [2.24, 2.45) is 5.73 Å². The van der Waals surface area contributed by atoms with Crippen LogP contribution in [-0.4, -0.2) is 25.1 Å². The summed E-state index contributed by atoms with van der Waals surface area (Å²) in [5.41, 5.74) is 4.40. The summed E-state index contributed by atoms with van der Waals surface area (Å²) in [5.74, 6) is 0. The molecule has 0 aliphatic carbocycles. The van der Waals surface area contributed by atoms with Gasteiger partial charge in [-0.2, -0.15) is 0 Å². The van der Waals surface area contributed by atoms with Gasteiger partial charge in [0.1, 0.15) is 0 Å². The summed E-state index contributed by atoms with van der Waals surface area (Å²) >= 11 is 0. The monoisotopic (exact) mass is 145 g/mol. The van der Waals surface area contributed by atoms with Crippen molar-refractivity contribution < 1.29 is 9.84 Å². The smallest absolute Gasteiger partial charge is 0.0906 e. The first kappa shape index (κ1) is 12.1. The summed E-state index contributed by atoms with van der Waals surface area (Å²) in [5, 5.41) is 7.35. The minimum atomic E-state index is -0.250. The lowest BCUT2D eigenvalue weighted by molar-refractivity contribution is 0.194. The molecule has 0 bridgehead atoms. The highest BCUT2D eigenvalue weighted by atomic mass is 16.5. The normalized spacial score (nSPS) is 7.40. The van der Waals surface area contributed by atoms with Gasteiger partial charge in [-0.1, -0.05) is 12.2 Å². The number of hydrogen-bond donors (Lipinski definition) is 2. The number of ether oxygens (including phenoxy) is 1. The first-order chi connectivity index (χ1) is 4.83. The molecule has 0 aromatic rings. The van der Waals surface area contributed by atoms with Gasteiger partial charge in [-0.25, -0.2) is 0 Å². The zero-order valence-corrected chi connectivity index (χ0v) is 6.12. The minimum absolute atomic E-state index is 0.250. The van der Waals surface area contributed by atoms with Gasteiger partial charge in [0, 0.05) is 0 Å². The zero-order chi connectivity index (χ0) is 8.24. The average Bonchev–Trinajstić information content (AvgIpc) is 1.91. The van der Waals surface area contributed by atoms with Gasteiger partial charge in [0.15, 0.2) is 0 Å². The lowest BCUT2D eigenvalue weighted by Gasteiger charge is -1.89. The summed E-state index contributed by atoms with van der Waals surface area (Å²) in [4.78, 5) is 0. The molecule has 0 aliphatic rings. The van der Waals surface area contributed by atoms with Crippen LogP contribution in [0.25, 0.3) is 0 Å². The van der Waals surface area contributed by atoms with Crippen LogP contribution in [0.15, 0.2) is 25.3 Å². The van der Waals surface area contributed by atoms with E-state index in [1.165, 1.54) is 0 Å². The van der Waals surface area contributed by atoms with Crippen LogP contribution in [0.5, 0.6) is 0 Å². The van der Waals surface area contributed by atoms with Crippen molar-refractivity contribution in [3.05, 3.63) is 25.3 Å². The maximum atomic E-state index is 7.35. The van der Waals surface area contributed by atoms with Crippen LogP contribution in [0.4, 0.5) is 0 Å². The SMILES string of the molecule is C=CCOCC=C.NCO. The molecule has 0 heterocycles. The zero-order valence-electron chi connectivity index (χ0n) is 6.12. The maximum Gasteiger partial charge on any atom is 0.0906 e. The molecular weight excluding hydrogens is 130 g/mol. The molecular formula is C7H15NO2. The molecule has 0 saturated heterocycles. The van der Waals surface area contributed by atoms with Gasteiger partial charge >= 0.3 is 0 Å². The van der Waals surface area contributed by atoms with Crippen molar-refractivity contribution in [1.29, 1.82) is 0 Å². The number of nitrogens with two attached hydrogens (primary N) is 1. The minimum Gasteiger partial charge on any atom is -0.382 e. The third-order valence-electron chi connectivity index (χ3n) is 0.471. The molecule has 0 atom stereocenters. The van der Waals surface area contributed by atoms with Crippen molar-refractivity contribution in [1.82, 2.24) is 0 Å². The van der Waals surface area contributed by atoms with Gasteiger partial charge in [0.2, 0.25) is 0 Å². The molecule has 0 fully saturated rings. The van der Waals surface area contributed by atoms with Crippen LogP contribution in [0.2, 0.25) is 0 Å². The Bertz CT molecular complexity index is 66.0. The van der Waals surface area contributed by atoms with Gasteiger partial charge in [-0.3, -0.25) is 0 Å². The molecule has 0 aromatic carbocycles. The van der Waals surface area contributed by atoms with E-state index in [4.69, 9.17) is 9.84 Å². The lowest BCUT2D eigenvalue weighted by atomic mass is 10.6. The molecule has 0 aliphatic heterocycles. The molecule has 0 radical (unpaired) electrons. The average molecular weight is 145 g/mol. The second-order valence-corrected chi connectivity index (χ2v) is 1.30. The summed E-state index contributed by atoms with van der Waals surface area (Å²) in [7, 11) is 0. The van der Waals surface area contributed by atoms with E-state index < -0.39 is 0 Å². The van der Waals surface area contributed by atoms with Crippen LogP contribution >= 0.6 is 0 Å². The van der Waals surface area contributed by atoms with E-state index in [2.05, 4.69) is 18.9 Å². The molecule has 10 heavy (non-hydrogen) atoms. The van der Waals surface area contributed by atoms with Crippen molar-refractivity contribution in [3.8, 4) is 0 Å². The van der Waals surface area contributed by atoms with Crippen molar-refractivity contribution >= 4 is 0 Å². The van der Waals surface area contributed by atoms with Gasteiger partial charge in [-0.05, 0) is 0 Å². The molecule has 0 rings (SSSR count). The number of aliphatic hydroxyl groups is 1. The highest BCUT2D eigenvalue weighted by Gasteiger charge is 1.70. The molecule has 0 amide bonds. The fraction of sp³-hybridized carbons (Fsp3) is 0.429. The van der Waals surface area contributed by atoms with E-state index >= 15 is 0 Å². The Morgan fingerprint density at radius 1 is 1.30 bits per heavy atom. The molecule has 3 heteroatoms. The first-order valence-electron chi connectivity index (χ1n) is 2.93. The highest BCUT2D eigenvalue weighted by Crippen LogP contribution is 1.72. The predicted octanol–water partition coefficient (Wildman–Crippen LogP) is 0.270. The fourth-order valence-corrected chi connectivity index (χ4v) is 0.235. The number of aliphatic hydroxyl groups excluding tert-OH is 1. The van der Waals surface area contributed by atoms with Gasteiger partial charge in [-0.15, -0.1) is 13.2 Å². The topological polar surface area (TPSA) is 55.5 Å². The van der Waals surface area contributed by atoms with E-state index in [0.29, 0.717) is 13.2 Å². The van der Waals surface area contributed by atoms with Gasteiger partial charge < -0.3 is 15.6 Å². The Hall–Kier alpha value is -0.640. The molecule has 3 N–H and O–H groups in total. The Morgan fingerprint density at radius 3 is 1.80 bits per heavy atom.